The Morgan fingerprint density at radius 1 is 0.897 bits per heavy atom. The Bertz CT molecular complexity index is 867. The number of pyridine rings is 1. The molecule has 0 bridgehead atoms. The maximum absolute atomic E-state index is 5.97. The predicted molar refractivity (Wildman–Crippen MR) is 125 cm³/mol. The van der Waals surface area contributed by atoms with Crippen molar-refractivity contribution in [3.05, 3.63) is 53.3 Å². The van der Waals surface area contributed by atoms with Crippen molar-refractivity contribution in [1.82, 2.24) is 14.3 Å². The molecule has 1 aromatic carbocycles. The van der Waals surface area contributed by atoms with Crippen LogP contribution in [0.4, 0.5) is 0 Å². The van der Waals surface area contributed by atoms with Crippen molar-refractivity contribution in [3.63, 3.8) is 0 Å². The summed E-state index contributed by atoms with van der Waals surface area (Å²) in [5.74, 6) is 0.925. The fraction of sp³-hybridized carbons (Fsp3) is 0.458. The van der Waals surface area contributed by atoms with Gasteiger partial charge in [0.05, 0.1) is 12.3 Å². The highest BCUT2D eigenvalue weighted by Gasteiger charge is 2.06. The average Bonchev–Trinajstić information content (AvgIpc) is 3.16. The van der Waals surface area contributed by atoms with E-state index in [4.69, 9.17) is 9.72 Å². The lowest BCUT2D eigenvalue weighted by Crippen LogP contribution is -2.28. The number of hydrogen-bond acceptors (Lipinski definition) is 3. The number of ether oxygens (including phenoxy) is 1. The zero-order valence-electron chi connectivity index (χ0n) is 17.6. The van der Waals surface area contributed by atoms with Crippen LogP contribution in [0.5, 0.6) is 5.75 Å². The van der Waals surface area contributed by atoms with Crippen LogP contribution >= 0.6 is 15.9 Å². The summed E-state index contributed by atoms with van der Waals surface area (Å²) in [7, 11) is 0. The lowest BCUT2D eigenvalue weighted by atomic mass is 10.2. The highest BCUT2D eigenvalue weighted by Crippen LogP contribution is 2.23. The molecular formula is C24H32BrN3O. The minimum absolute atomic E-state index is 0.760. The second-order valence-electron chi connectivity index (χ2n) is 7.51. The van der Waals surface area contributed by atoms with Gasteiger partial charge in [-0.3, -0.25) is 0 Å². The van der Waals surface area contributed by atoms with E-state index < -0.39 is 0 Å². The summed E-state index contributed by atoms with van der Waals surface area (Å²) in [6.45, 7) is 8.82. The van der Waals surface area contributed by atoms with E-state index in [0.29, 0.717) is 0 Å². The van der Waals surface area contributed by atoms with Crippen molar-refractivity contribution in [2.24, 2.45) is 0 Å². The fourth-order valence-corrected chi connectivity index (χ4v) is 3.76. The molecule has 3 rings (SSSR count). The molecule has 0 fully saturated rings. The van der Waals surface area contributed by atoms with E-state index in [1.807, 2.05) is 34.9 Å². The van der Waals surface area contributed by atoms with Crippen LogP contribution in [-0.4, -0.2) is 40.5 Å². The van der Waals surface area contributed by atoms with Gasteiger partial charge in [0.15, 0.2) is 0 Å². The molecule has 0 spiro atoms. The number of fused-ring (bicyclic) bond motifs is 1. The second kappa shape index (κ2) is 11.4. The average molecular weight is 458 g/mol. The molecular weight excluding hydrogens is 426 g/mol. The first-order valence-corrected chi connectivity index (χ1v) is 11.6. The number of halogens is 1. The van der Waals surface area contributed by atoms with E-state index >= 15 is 0 Å². The molecule has 156 valence electrons. The lowest BCUT2D eigenvalue weighted by molar-refractivity contribution is 0.229. The summed E-state index contributed by atoms with van der Waals surface area (Å²) in [6.07, 6.45) is 10.2. The monoisotopic (exact) mass is 457 g/mol. The molecule has 29 heavy (non-hydrogen) atoms. The number of rotatable bonds is 12. The molecule has 4 nitrogen and oxygen atoms in total. The molecule has 0 amide bonds. The van der Waals surface area contributed by atoms with Gasteiger partial charge < -0.3 is 14.0 Å². The van der Waals surface area contributed by atoms with Gasteiger partial charge in [-0.05, 0) is 84.7 Å². The molecule has 0 aliphatic heterocycles. The molecule has 2 aromatic heterocycles. The topological polar surface area (TPSA) is 29.8 Å². The smallest absolute Gasteiger partial charge is 0.137 e. The van der Waals surface area contributed by atoms with Gasteiger partial charge in [0.25, 0.3) is 0 Å². The quantitative estimate of drug-likeness (QED) is 0.293. The first-order valence-electron chi connectivity index (χ1n) is 10.8. The van der Waals surface area contributed by atoms with E-state index in [1.54, 1.807) is 0 Å². The highest BCUT2D eigenvalue weighted by atomic mass is 79.9. The molecule has 0 aliphatic carbocycles. The lowest BCUT2D eigenvalue weighted by Gasteiger charge is -2.21. The predicted octanol–water partition coefficient (Wildman–Crippen LogP) is 6.43. The van der Waals surface area contributed by atoms with Crippen LogP contribution in [0.1, 0.15) is 46.0 Å². The maximum atomic E-state index is 5.97. The largest absolute Gasteiger partial charge is 0.494 e. The molecule has 2 heterocycles. The SMILES string of the molecule is CCCCN(CCCC)CCCOc1ccc(-c2cn3cc(Br)ccc3n2)cc1. The normalized spacial score (nSPS) is 11.4. The molecule has 0 radical (unpaired) electrons. The Labute approximate surface area is 183 Å². The van der Waals surface area contributed by atoms with Gasteiger partial charge in [-0.15, -0.1) is 0 Å². The standard InChI is InChI=1S/C24H32BrN3O/c1-3-5-14-27(15-6-4-2)16-7-17-29-22-11-8-20(9-12-22)23-19-28-18-21(25)10-13-24(28)26-23/h8-13,18-19H,3-7,14-17H2,1-2H3. The first kappa shape index (κ1) is 21.8. The van der Waals surface area contributed by atoms with Gasteiger partial charge in [0.2, 0.25) is 0 Å². The van der Waals surface area contributed by atoms with E-state index in [2.05, 4.69) is 53.0 Å². The fourth-order valence-electron chi connectivity index (χ4n) is 3.40. The third-order valence-electron chi connectivity index (χ3n) is 5.11. The molecule has 0 saturated carbocycles. The molecule has 0 unspecified atom stereocenters. The van der Waals surface area contributed by atoms with Gasteiger partial charge in [0, 0.05) is 29.0 Å². The van der Waals surface area contributed by atoms with Crippen molar-refractivity contribution >= 4 is 21.6 Å². The maximum Gasteiger partial charge on any atom is 0.137 e. The van der Waals surface area contributed by atoms with E-state index in [-0.39, 0.29) is 0 Å². The molecule has 0 N–H and O–H groups in total. The zero-order chi connectivity index (χ0) is 20.5. The Balaban J connectivity index is 1.49. The molecule has 0 aliphatic rings. The second-order valence-corrected chi connectivity index (χ2v) is 8.43. The van der Waals surface area contributed by atoms with Crippen molar-refractivity contribution in [2.45, 2.75) is 46.0 Å². The van der Waals surface area contributed by atoms with Crippen LogP contribution in [0.15, 0.2) is 53.3 Å². The summed E-state index contributed by atoms with van der Waals surface area (Å²) >= 11 is 3.50. The Hall–Kier alpha value is -1.85. The van der Waals surface area contributed by atoms with Crippen LogP contribution in [0.25, 0.3) is 16.9 Å². The molecule has 5 heteroatoms. The van der Waals surface area contributed by atoms with Crippen LogP contribution in [0, 0.1) is 0 Å². The Kier molecular flexibility index (Phi) is 8.56. The third kappa shape index (κ3) is 6.58. The Morgan fingerprint density at radius 3 is 2.28 bits per heavy atom. The number of benzene rings is 1. The number of aromatic nitrogens is 2. The number of imidazole rings is 1. The van der Waals surface area contributed by atoms with Gasteiger partial charge >= 0.3 is 0 Å². The minimum Gasteiger partial charge on any atom is -0.494 e. The van der Waals surface area contributed by atoms with Crippen LogP contribution in [-0.2, 0) is 0 Å². The van der Waals surface area contributed by atoms with E-state index in [9.17, 15) is 0 Å². The van der Waals surface area contributed by atoms with Gasteiger partial charge in [-0.1, -0.05) is 26.7 Å². The number of unbranched alkanes of at least 4 members (excludes halogenated alkanes) is 2. The summed E-state index contributed by atoms with van der Waals surface area (Å²) in [5, 5.41) is 0. The van der Waals surface area contributed by atoms with Crippen molar-refractivity contribution in [1.29, 1.82) is 0 Å². The van der Waals surface area contributed by atoms with Gasteiger partial charge in [-0.25, -0.2) is 4.98 Å². The summed E-state index contributed by atoms with van der Waals surface area (Å²) in [5.41, 5.74) is 3.01. The summed E-state index contributed by atoms with van der Waals surface area (Å²) in [6, 6.07) is 12.3. The minimum atomic E-state index is 0.760. The third-order valence-corrected chi connectivity index (χ3v) is 5.58. The van der Waals surface area contributed by atoms with Crippen molar-refractivity contribution in [2.75, 3.05) is 26.2 Å². The zero-order valence-corrected chi connectivity index (χ0v) is 19.2. The first-order chi connectivity index (χ1) is 14.2. The van der Waals surface area contributed by atoms with Crippen LogP contribution < -0.4 is 4.74 Å². The highest BCUT2D eigenvalue weighted by molar-refractivity contribution is 9.10. The van der Waals surface area contributed by atoms with Gasteiger partial charge in [-0.2, -0.15) is 0 Å². The van der Waals surface area contributed by atoms with E-state index in [0.717, 1.165) is 46.7 Å². The van der Waals surface area contributed by atoms with Crippen molar-refractivity contribution in [3.8, 4) is 17.0 Å². The molecule has 3 aromatic rings. The molecule has 0 atom stereocenters. The van der Waals surface area contributed by atoms with Crippen molar-refractivity contribution < 1.29 is 4.74 Å². The summed E-state index contributed by atoms with van der Waals surface area (Å²) < 4.78 is 9.05. The number of hydrogen-bond donors (Lipinski definition) is 0. The number of nitrogens with zero attached hydrogens (tertiary/aromatic N) is 3. The van der Waals surface area contributed by atoms with Crippen LogP contribution in [0.3, 0.4) is 0 Å². The molecule has 0 saturated heterocycles. The van der Waals surface area contributed by atoms with E-state index in [1.165, 1.54) is 38.8 Å². The Morgan fingerprint density at radius 2 is 1.59 bits per heavy atom. The van der Waals surface area contributed by atoms with Crippen LogP contribution in [0.2, 0.25) is 0 Å². The van der Waals surface area contributed by atoms with Gasteiger partial charge in [0.1, 0.15) is 11.4 Å². The summed E-state index contributed by atoms with van der Waals surface area (Å²) in [4.78, 5) is 7.28.